The molecule has 1 aliphatic carbocycles. The van der Waals surface area contributed by atoms with Gasteiger partial charge in [0.2, 0.25) is 0 Å². The van der Waals surface area contributed by atoms with Gasteiger partial charge in [0.25, 0.3) is 0 Å². The number of rotatable bonds is 6. The van der Waals surface area contributed by atoms with E-state index < -0.39 is 0 Å². The zero-order valence-electron chi connectivity index (χ0n) is 17.0. The fraction of sp³-hybridized carbons (Fsp3) is 0.478. The highest BCUT2D eigenvalue weighted by atomic mass is 15.4. The molecule has 142 valence electrons. The molecule has 0 spiro atoms. The van der Waals surface area contributed by atoms with Gasteiger partial charge in [0, 0.05) is 29.9 Å². The molecule has 0 atom stereocenters. The van der Waals surface area contributed by atoms with Crippen molar-refractivity contribution in [3.05, 3.63) is 46.8 Å². The van der Waals surface area contributed by atoms with Crippen molar-refractivity contribution in [1.29, 1.82) is 0 Å². The summed E-state index contributed by atoms with van der Waals surface area (Å²) in [6.45, 7) is 10.9. The van der Waals surface area contributed by atoms with Crippen LogP contribution >= 0.6 is 0 Å². The van der Waals surface area contributed by atoms with Gasteiger partial charge in [-0.2, -0.15) is 9.61 Å². The molecule has 27 heavy (non-hydrogen) atoms. The molecule has 0 saturated carbocycles. The highest BCUT2D eigenvalue weighted by molar-refractivity contribution is 5.83. The second-order valence-corrected chi connectivity index (χ2v) is 7.71. The third kappa shape index (κ3) is 3.01. The van der Waals surface area contributed by atoms with Crippen LogP contribution in [0, 0.1) is 13.8 Å². The van der Waals surface area contributed by atoms with Crippen LogP contribution in [-0.4, -0.2) is 27.7 Å². The van der Waals surface area contributed by atoms with Crippen LogP contribution in [0.3, 0.4) is 0 Å². The fourth-order valence-corrected chi connectivity index (χ4v) is 4.47. The van der Waals surface area contributed by atoms with Gasteiger partial charge in [-0.05, 0) is 57.1 Å². The Morgan fingerprint density at radius 3 is 2.48 bits per heavy atom. The molecule has 3 aromatic rings. The Morgan fingerprint density at radius 2 is 1.78 bits per heavy atom. The predicted molar refractivity (Wildman–Crippen MR) is 113 cm³/mol. The van der Waals surface area contributed by atoms with Gasteiger partial charge in [0.15, 0.2) is 5.65 Å². The normalized spacial score (nSPS) is 13.3. The number of anilines is 1. The highest BCUT2D eigenvalue weighted by Gasteiger charge is 2.26. The standard InChI is InChI=1S/C23H30N4/c1-5-14-26(15-6-2)23-19-12-9-13-20(19)24-22-21(17(4)25-27(22)23)18-11-8-7-10-16(18)3/h7-8,10-11H,5-6,9,12-15H2,1-4H3. The van der Waals surface area contributed by atoms with Crippen molar-refractivity contribution >= 4 is 11.5 Å². The van der Waals surface area contributed by atoms with Gasteiger partial charge in [-0.15, -0.1) is 0 Å². The Labute approximate surface area is 162 Å². The van der Waals surface area contributed by atoms with Gasteiger partial charge in [0.1, 0.15) is 5.82 Å². The smallest absolute Gasteiger partial charge is 0.165 e. The van der Waals surface area contributed by atoms with Crippen molar-refractivity contribution in [3.63, 3.8) is 0 Å². The van der Waals surface area contributed by atoms with E-state index in [-0.39, 0.29) is 0 Å². The zero-order valence-corrected chi connectivity index (χ0v) is 17.0. The van der Waals surface area contributed by atoms with Crippen LogP contribution in [0.15, 0.2) is 24.3 Å². The van der Waals surface area contributed by atoms with Gasteiger partial charge in [0.05, 0.1) is 5.69 Å². The van der Waals surface area contributed by atoms with E-state index in [9.17, 15) is 0 Å². The third-order valence-electron chi connectivity index (χ3n) is 5.64. The minimum Gasteiger partial charge on any atom is -0.356 e. The monoisotopic (exact) mass is 362 g/mol. The van der Waals surface area contributed by atoms with Gasteiger partial charge in [-0.3, -0.25) is 0 Å². The molecular formula is C23H30N4. The second-order valence-electron chi connectivity index (χ2n) is 7.71. The zero-order chi connectivity index (χ0) is 19.0. The second kappa shape index (κ2) is 7.34. The van der Waals surface area contributed by atoms with E-state index in [4.69, 9.17) is 10.1 Å². The van der Waals surface area contributed by atoms with Gasteiger partial charge < -0.3 is 4.90 Å². The first-order chi connectivity index (χ1) is 13.2. The SMILES string of the molecule is CCCN(CCC)c1c2c(nc3c(-c4ccccc4C)c(C)nn13)CCC2. The molecule has 4 heteroatoms. The van der Waals surface area contributed by atoms with E-state index in [0.29, 0.717) is 0 Å². The van der Waals surface area contributed by atoms with E-state index in [1.54, 1.807) is 0 Å². The summed E-state index contributed by atoms with van der Waals surface area (Å²) in [7, 11) is 0. The molecule has 1 aliphatic rings. The lowest BCUT2D eigenvalue weighted by Gasteiger charge is -2.26. The van der Waals surface area contributed by atoms with Crippen LogP contribution in [0.25, 0.3) is 16.8 Å². The molecule has 0 amide bonds. The summed E-state index contributed by atoms with van der Waals surface area (Å²) in [4.78, 5) is 7.67. The van der Waals surface area contributed by atoms with Crippen molar-refractivity contribution in [2.75, 3.05) is 18.0 Å². The Hall–Kier alpha value is -2.36. The Balaban J connectivity index is 2.01. The first-order valence-corrected chi connectivity index (χ1v) is 10.4. The minimum absolute atomic E-state index is 1.02. The molecule has 0 aliphatic heterocycles. The van der Waals surface area contributed by atoms with E-state index in [2.05, 4.69) is 61.4 Å². The third-order valence-corrected chi connectivity index (χ3v) is 5.64. The average molecular weight is 363 g/mol. The number of hydrogen-bond donors (Lipinski definition) is 0. The lowest BCUT2D eigenvalue weighted by Crippen LogP contribution is -2.29. The van der Waals surface area contributed by atoms with Crippen molar-refractivity contribution in [2.24, 2.45) is 0 Å². The van der Waals surface area contributed by atoms with Crippen LogP contribution in [0.1, 0.15) is 55.6 Å². The molecule has 0 fully saturated rings. The summed E-state index contributed by atoms with van der Waals surface area (Å²) in [6, 6.07) is 8.58. The van der Waals surface area contributed by atoms with Gasteiger partial charge in [-0.1, -0.05) is 38.1 Å². The Bertz CT molecular complexity index is 964. The molecule has 0 saturated heterocycles. The molecule has 4 nitrogen and oxygen atoms in total. The summed E-state index contributed by atoms with van der Waals surface area (Å²) in [5.74, 6) is 1.29. The lowest BCUT2D eigenvalue weighted by atomic mass is 10.0. The number of nitrogens with zero attached hydrogens (tertiary/aromatic N) is 4. The van der Waals surface area contributed by atoms with E-state index in [0.717, 1.165) is 50.1 Å². The van der Waals surface area contributed by atoms with Crippen LogP contribution in [0.2, 0.25) is 0 Å². The summed E-state index contributed by atoms with van der Waals surface area (Å²) < 4.78 is 2.15. The topological polar surface area (TPSA) is 33.4 Å². The van der Waals surface area contributed by atoms with Crippen molar-refractivity contribution in [1.82, 2.24) is 14.6 Å². The number of fused-ring (bicyclic) bond motifs is 2. The number of hydrogen-bond acceptors (Lipinski definition) is 3. The van der Waals surface area contributed by atoms with Crippen molar-refractivity contribution in [2.45, 2.75) is 59.8 Å². The quantitative estimate of drug-likeness (QED) is 0.609. The summed E-state index contributed by atoms with van der Waals surface area (Å²) in [5, 5.41) is 5.01. The van der Waals surface area contributed by atoms with E-state index in [1.165, 1.54) is 40.2 Å². The summed E-state index contributed by atoms with van der Waals surface area (Å²) >= 11 is 0. The van der Waals surface area contributed by atoms with E-state index in [1.807, 2.05) is 0 Å². The maximum absolute atomic E-state index is 5.13. The minimum atomic E-state index is 1.02. The van der Waals surface area contributed by atoms with Crippen LogP contribution in [0.4, 0.5) is 5.82 Å². The number of aryl methyl sites for hydroxylation is 3. The van der Waals surface area contributed by atoms with E-state index >= 15 is 0 Å². The molecule has 0 bridgehead atoms. The molecular weight excluding hydrogens is 332 g/mol. The van der Waals surface area contributed by atoms with Gasteiger partial charge >= 0.3 is 0 Å². The van der Waals surface area contributed by atoms with Crippen LogP contribution < -0.4 is 4.90 Å². The predicted octanol–water partition coefficient (Wildman–Crippen LogP) is 5.13. The summed E-state index contributed by atoms with van der Waals surface area (Å²) in [6.07, 6.45) is 5.69. The maximum Gasteiger partial charge on any atom is 0.165 e. The number of aromatic nitrogens is 3. The molecule has 1 aromatic carbocycles. The van der Waals surface area contributed by atoms with Crippen LogP contribution in [-0.2, 0) is 12.8 Å². The largest absolute Gasteiger partial charge is 0.356 e. The molecule has 0 N–H and O–H groups in total. The van der Waals surface area contributed by atoms with Crippen molar-refractivity contribution in [3.8, 4) is 11.1 Å². The number of benzene rings is 1. The Morgan fingerprint density at radius 1 is 1.04 bits per heavy atom. The Kier molecular flexibility index (Phi) is 4.90. The highest BCUT2D eigenvalue weighted by Crippen LogP contribution is 2.36. The first-order valence-electron chi connectivity index (χ1n) is 10.4. The summed E-state index contributed by atoms with van der Waals surface area (Å²) in [5.41, 5.74) is 8.51. The lowest BCUT2D eigenvalue weighted by molar-refractivity contribution is 0.708. The van der Waals surface area contributed by atoms with Crippen LogP contribution in [0.5, 0.6) is 0 Å². The molecule has 0 radical (unpaired) electrons. The molecule has 0 unspecified atom stereocenters. The average Bonchev–Trinajstić information content (AvgIpc) is 3.24. The maximum atomic E-state index is 5.13. The molecule has 4 rings (SSSR count). The molecule has 2 heterocycles. The van der Waals surface area contributed by atoms with Gasteiger partial charge in [-0.25, -0.2) is 4.98 Å². The fourth-order valence-electron chi connectivity index (χ4n) is 4.47. The van der Waals surface area contributed by atoms with Crippen molar-refractivity contribution < 1.29 is 0 Å². The molecule has 2 aromatic heterocycles. The first kappa shape index (κ1) is 18.0.